The molecule has 1 aliphatic carbocycles. The zero-order valence-corrected chi connectivity index (χ0v) is 10.9. The van der Waals surface area contributed by atoms with Crippen LogP contribution in [0.4, 0.5) is 0 Å². The Morgan fingerprint density at radius 3 is 3.12 bits per heavy atom. The van der Waals surface area contributed by atoms with Gasteiger partial charge in [-0.25, -0.2) is 4.79 Å². The highest BCUT2D eigenvalue weighted by Gasteiger charge is 2.52. The molecule has 0 saturated carbocycles. The Morgan fingerprint density at radius 1 is 1.76 bits per heavy atom. The molecule has 5 nitrogen and oxygen atoms in total. The molecule has 0 radical (unpaired) electrons. The number of fused-ring (bicyclic) bond motifs is 1. The molecule has 1 atom stereocenters. The minimum atomic E-state index is -1.81. The van der Waals surface area contributed by atoms with Gasteiger partial charge < -0.3 is 15.1 Å². The van der Waals surface area contributed by atoms with Crippen molar-refractivity contribution in [3.8, 4) is 0 Å². The highest BCUT2D eigenvalue weighted by Crippen LogP contribution is 2.36. The van der Waals surface area contributed by atoms with Crippen molar-refractivity contribution in [3.05, 3.63) is 33.2 Å². The zero-order chi connectivity index (χ0) is 12.6. The predicted molar refractivity (Wildman–Crippen MR) is 62.0 cm³/mol. The first-order chi connectivity index (χ1) is 7.99. The van der Waals surface area contributed by atoms with Crippen LogP contribution in [0, 0.1) is 5.21 Å². The van der Waals surface area contributed by atoms with E-state index in [0.717, 1.165) is 0 Å². The summed E-state index contributed by atoms with van der Waals surface area (Å²) in [6.07, 6.45) is 1.93. The number of hydrogen-bond donors (Lipinski definition) is 1. The van der Waals surface area contributed by atoms with Gasteiger partial charge in [-0.3, -0.25) is 0 Å². The van der Waals surface area contributed by atoms with Crippen LogP contribution in [0.1, 0.15) is 24.6 Å². The number of esters is 1. The maximum Gasteiger partial charge on any atom is 0.349 e. The number of carbonyl (C=O) groups excluding carboxylic acids is 1. The smallest absolute Gasteiger partial charge is 0.349 e. The van der Waals surface area contributed by atoms with Gasteiger partial charge >= 0.3 is 5.97 Å². The molecule has 6 heteroatoms. The molecule has 0 saturated heterocycles. The summed E-state index contributed by atoms with van der Waals surface area (Å²) >= 11 is 3.20. The van der Waals surface area contributed by atoms with Crippen LogP contribution < -0.4 is 4.73 Å². The third-order valence-electron chi connectivity index (χ3n) is 2.84. The number of hydrogen-bond acceptors (Lipinski definition) is 4. The summed E-state index contributed by atoms with van der Waals surface area (Å²) in [6, 6.07) is 1.74. The molecule has 0 amide bonds. The number of halogens is 1. The lowest BCUT2D eigenvalue weighted by Gasteiger charge is -2.19. The van der Waals surface area contributed by atoms with E-state index in [0.29, 0.717) is 21.2 Å². The third kappa shape index (κ3) is 1.91. The number of rotatable bonds is 2. The number of aliphatic hydroxyl groups is 1. The van der Waals surface area contributed by atoms with Gasteiger partial charge in [0.2, 0.25) is 11.3 Å². The fraction of sp³-hybridized carbons (Fsp3) is 0.455. The molecule has 17 heavy (non-hydrogen) atoms. The number of aromatic nitrogens is 1. The molecular weight excluding hydrogens is 290 g/mol. The maximum atomic E-state index is 11.8. The monoisotopic (exact) mass is 301 g/mol. The second-order valence-electron chi connectivity index (χ2n) is 3.94. The summed E-state index contributed by atoms with van der Waals surface area (Å²) in [7, 11) is 0. The normalized spacial score (nSPS) is 22.3. The lowest BCUT2D eigenvalue weighted by molar-refractivity contribution is -0.621. The first-order valence-corrected chi connectivity index (χ1v) is 6.10. The Balaban J connectivity index is 2.49. The van der Waals surface area contributed by atoms with E-state index in [9.17, 15) is 15.1 Å². The van der Waals surface area contributed by atoms with Crippen LogP contribution in [0.15, 0.2) is 16.7 Å². The maximum absolute atomic E-state index is 11.8. The topological polar surface area (TPSA) is 73.5 Å². The summed E-state index contributed by atoms with van der Waals surface area (Å²) in [5.41, 5.74) is -1.06. The Labute approximate surface area is 107 Å². The lowest BCUT2D eigenvalue weighted by atomic mass is 10.0. The Morgan fingerprint density at radius 2 is 2.47 bits per heavy atom. The van der Waals surface area contributed by atoms with Crippen molar-refractivity contribution in [2.45, 2.75) is 25.4 Å². The van der Waals surface area contributed by atoms with Crippen molar-refractivity contribution in [3.63, 3.8) is 0 Å². The van der Waals surface area contributed by atoms with Gasteiger partial charge in [0.15, 0.2) is 6.20 Å². The van der Waals surface area contributed by atoms with Crippen molar-refractivity contribution in [2.75, 3.05) is 6.61 Å². The largest absolute Gasteiger partial charge is 0.618 e. The second-order valence-corrected chi connectivity index (χ2v) is 4.85. The summed E-state index contributed by atoms with van der Waals surface area (Å²) in [5, 5.41) is 22.1. The molecule has 0 spiro atoms. The lowest BCUT2D eigenvalue weighted by Crippen LogP contribution is -2.46. The highest BCUT2D eigenvalue weighted by atomic mass is 79.9. The quantitative estimate of drug-likeness (QED) is 0.498. The molecule has 92 valence electrons. The van der Waals surface area contributed by atoms with Crippen LogP contribution in [-0.4, -0.2) is 17.7 Å². The number of pyridine rings is 1. The van der Waals surface area contributed by atoms with Gasteiger partial charge in [-0.2, -0.15) is 4.73 Å². The Bertz CT molecular complexity index is 477. The highest BCUT2D eigenvalue weighted by molar-refractivity contribution is 9.10. The second kappa shape index (κ2) is 4.27. The van der Waals surface area contributed by atoms with E-state index in [4.69, 9.17) is 4.74 Å². The molecule has 0 aliphatic heterocycles. The third-order valence-corrected chi connectivity index (χ3v) is 3.27. The van der Waals surface area contributed by atoms with E-state index < -0.39 is 11.6 Å². The predicted octanol–water partition coefficient (Wildman–Crippen LogP) is 0.779. The average Bonchev–Trinajstić information content (AvgIpc) is 2.58. The van der Waals surface area contributed by atoms with Gasteiger partial charge in [0.1, 0.15) is 0 Å². The molecule has 1 heterocycles. The fourth-order valence-electron chi connectivity index (χ4n) is 2.11. The van der Waals surface area contributed by atoms with Crippen molar-refractivity contribution < 1.29 is 19.4 Å². The molecule has 1 aliphatic rings. The molecule has 0 unspecified atom stereocenters. The zero-order valence-electron chi connectivity index (χ0n) is 9.27. The minimum Gasteiger partial charge on any atom is -0.618 e. The molecule has 1 N–H and O–H groups in total. The molecular formula is C11H12BrNO4. The number of ether oxygens (including phenoxy) is 1. The number of aryl methyl sites for hydroxylation is 1. The molecule has 0 bridgehead atoms. The number of carbonyl (C=O) groups is 1. The van der Waals surface area contributed by atoms with Crippen LogP contribution >= 0.6 is 15.9 Å². The first-order valence-electron chi connectivity index (χ1n) is 5.30. The van der Waals surface area contributed by atoms with E-state index in [2.05, 4.69) is 15.9 Å². The van der Waals surface area contributed by atoms with E-state index in [1.54, 1.807) is 13.0 Å². The summed E-state index contributed by atoms with van der Waals surface area (Å²) in [6.45, 7) is 1.83. The first kappa shape index (κ1) is 12.3. The number of nitrogens with zero attached hydrogens (tertiary/aromatic N) is 1. The fourth-order valence-corrected chi connectivity index (χ4v) is 2.57. The van der Waals surface area contributed by atoms with Crippen LogP contribution in [0.5, 0.6) is 0 Å². The van der Waals surface area contributed by atoms with Gasteiger partial charge in [0.25, 0.3) is 0 Å². The standard InChI is InChI=1S/C11H12BrNO4/c1-2-17-10(14)11(15)4-3-7-5-8(12)6-13(16)9(7)11/h5-6,15H,2-4H2,1H3/t11-/m0/s1. The van der Waals surface area contributed by atoms with Crippen molar-refractivity contribution in [2.24, 2.45) is 0 Å². The van der Waals surface area contributed by atoms with E-state index in [1.165, 1.54) is 6.20 Å². The van der Waals surface area contributed by atoms with E-state index in [-0.39, 0.29) is 18.7 Å². The molecule has 1 aromatic heterocycles. The molecule has 1 aromatic rings. The van der Waals surface area contributed by atoms with Gasteiger partial charge in [0.05, 0.1) is 11.1 Å². The van der Waals surface area contributed by atoms with Gasteiger partial charge in [-0.1, -0.05) is 0 Å². The molecule has 0 aromatic carbocycles. The van der Waals surface area contributed by atoms with Crippen molar-refractivity contribution >= 4 is 21.9 Å². The average molecular weight is 302 g/mol. The van der Waals surface area contributed by atoms with Crippen LogP contribution in [0.2, 0.25) is 0 Å². The summed E-state index contributed by atoms with van der Waals surface area (Å²) < 4.78 is 5.97. The van der Waals surface area contributed by atoms with Crippen LogP contribution in [0.25, 0.3) is 0 Å². The van der Waals surface area contributed by atoms with Crippen LogP contribution in [-0.2, 0) is 21.6 Å². The minimum absolute atomic E-state index is 0.0825. The van der Waals surface area contributed by atoms with Crippen molar-refractivity contribution in [1.82, 2.24) is 0 Å². The Hall–Kier alpha value is -1.14. The molecule has 2 rings (SSSR count). The van der Waals surface area contributed by atoms with Crippen LogP contribution in [0.3, 0.4) is 0 Å². The summed E-state index contributed by atoms with van der Waals surface area (Å²) in [5.74, 6) is -0.759. The van der Waals surface area contributed by atoms with Crippen molar-refractivity contribution in [1.29, 1.82) is 0 Å². The van der Waals surface area contributed by atoms with E-state index >= 15 is 0 Å². The van der Waals surface area contributed by atoms with Gasteiger partial charge in [-0.05, 0) is 35.3 Å². The van der Waals surface area contributed by atoms with E-state index in [1.807, 2.05) is 0 Å². The van der Waals surface area contributed by atoms with Gasteiger partial charge in [0, 0.05) is 12.0 Å². The SMILES string of the molecule is CCOC(=O)[C@]1(O)CCc2cc(Br)c[n+]([O-])c21. The summed E-state index contributed by atoms with van der Waals surface area (Å²) in [4.78, 5) is 11.7. The molecule has 0 fully saturated rings. The van der Waals surface area contributed by atoms with Gasteiger partial charge in [-0.15, -0.1) is 0 Å². The Kier molecular flexibility index (Phi) is 3.09.